The van der Waals surface area contributed by atoms with Gasteiger partial charge in [-0.05, 0) is 37.3 Å². The normalized spacial score (nSPS) is 10.1. The number of rotatable bonds is 22. The maximum absolute atomic E-state index is 9.76. The fourth-order valence-corrected chi connectivity index (χ4v) is 4.07. The van der Waals surface area contributed by atoms with E-state index in [0.29, 0.717) is 0 Å². The van der Waals surface area contributed by atoms with Crippen LogP contribution in [0, 0.1) is 0 Å². The Kier molecular flexibility index (Phi) is 38.6. The third-order valence-electron chi connectivity index (χ3n) is 5.83. The van der Waals surface area contributed by atoms with Crippen LogP contribution in [0.1, 0.15) is 142 Å². The molecule has 0 aromatic heterocycles. The van der Waals surface area contributed by atoms with Gasteiger partial charge in [0.2, 0.25) is 0 Å². The van der Waals surface area contributed by atoms with Crippen LogP contribution in [-0.2, 0) is 0 Å². The van der Waals surface area contributed by atoms with Crippen LogP contribution in [0.25, 0.3) is 0 Å². The van der Waals surface area contributed by atoms with Crippen LogP contribution in [0.15, 0.2) is 0 Å². The van der Waals surface area contributed by atoms with Crippen molar-refractivity contribution >= 4 is 86.2 Å². The Morgan fingerprint density at radius 2 is 0.758 bits per heavy atom. The van der Waals surface area contributed by atoms with Crippen LogP contribution >= 0.6 is 24.4 Å². The van der Waals surface area contributed by atoms with Crippen molar-refractivity contribution in [2.45, 2.75) is 142 Å². The van der Waals surface area contributed by atoms with E-state index in [4.69, 9.17) is 17.3 Å². The van der Waals surface area contributed by atoms with E-state index in [1.807, 2.05) is 4.90 Å². The second kappa shape index (κ2) is 33.0. The van der Waals surface area contributed by atoms with E-state index in [0.717, 1.165) is 25.9 Å². The van der Waals surface area contributed by atoms with Gasteiger partial charge in [-0.2, -0.15) is 0 Å². The van der Waals surface area contributed by atoms with Crippen molar-refractivity contribution < 1.29 is 10.2 Å². The second-order valence-electron chi connectivity index (χ2n) is 8.97. The molecule has 0 spiro atoms. The van der Waals surface area contributed by atoms with Gasteiger partial charge in [0.05, 0.1) is 0 Å². The molecule has 7 heteroatoms. The van der Waals surface area contributed by atoms with Gasteiger partial charge in [-0.25, -0.2) is 0 Å². The zero-order chi connectivity index (χ0) is 24.3. The monoisotopic (exact) mass is 530 g/mol. The van der Waals surface area contributed by atoms with Gasteiger partial charge >= 0.3 is 51.4 Å². The number of nitrogens with two attached hydrogens (primary N) is 1. The number of hydrogen-bond acceptors (Lipinski definition) is 2. The number of nitrogens with zero attached hydrogens (tertiary/aromatic N) is 1. The van der Waals surface area contributed by atoms with Crippen molar-refractivity contribution in [3.05, 3.63) is 0 Å². The topological polar surface area (TPSA) is 69.7 Å². The van der Waals surface area contributed by atoms with Crippen LogP contribution in [0.4, 0.5) is 0 Å². The Labute approximate surface area is 259 Å². The van der Waals surface area contributed by atoms with E-state index in [1.165, 1.54) is 116 Å². The number of aliphatic hydroxyl groups is 2. The predicted molar refractivity (Wildman–Crippen MR) is 157 cm³/mol. The Balaban J connectivity index is -0.00000165. The predicted octanol–water partition coefficient (Wildman–Crippen LogP) is 8.11. The molecule has 0 atom stereocenters. The zero-order valence-corrected chi connectivity index (χ0v) is 22.9. The van der Waals surface area contributed by atoms with E-state index >= 15 is 0 Å². The molecule has 0 radical (unpaired) electrons. The summed E-state index contributed by atoms with van der Waals surface area (Å²) in [6.07, 6.45) is 27.0. The van der Waals surface area contributed by atoms with Gasteiger partial charge in [0.25, 0.3) is 10.3 Å². The van der Waals surface area contributed by atoms with E-state index in [2.05, 4.69) is 31.8 Å². The summed E-state index contributed by atoms with van der Waals surface area (Å²) in [7, 11) is 0. The summed E-state index contributed by atoms with van der Waals surface area (Å²) < 4.78 is 0. The first-order chi connectivity index (χ1) is 15.5. The fourth-order valence-electron chi connectivity index (χ4n) is 3.88. The Morgan fingerprint density at radius 1 is 0.545 bits per heavy atom. The van der Waals surface area contributed by atoms with Crippen LogP contribution in [-0.4, -0.2) is 89.9 Å². The fraction of sp³-hybridized carbons (Fsp3) is 0.923. The molecule has 0 amide bonds. The third kappa shape index (κ3) is 37.7. The molecule has 0 aliphatic rings. The minimum absolute atomic E-state index is 0. The number of unbranched alkanes of at least 4 members (excludes halogenated alkanes) is 18. The van der Waals surface area contributed by atoms with Gasteiger partial charge in [0.15, 0.2) is 0 Å². The molecule has 0 aliphatic heterocycles. The molecular formula is C26H55KN2O2S2. The molecule has 0 heterocycles. The van der Waals surface area contributed by atoms with Crippen LogP contribution < -0.4 is 5.73 Å². The zero-order valence-electron chi connectivity index (χ0n) is 21.3. The maximum atomic E-state index is 9.76. The summed E-state index contributed by atoms with van der Waals surface area (Å²) in [5, 5.41) is 16.9. The molecule has 4 N–H and O–H groups in total. The molecule has 194 valence electrons. The first kappa shape index (κ1) is 38.5. The standard InChI is InChI=1S/C25H51NOS.CH3NOS.K.H/c1-3-5-7-9-11-13-15-17-19-21-23-26(25(27)28)24-22-20-18-16-14-12-10-8-6-4-2;2-1(3)4;;/h3-24H2,1-2H3,(H,27,28);(H3,2,3,4);;. The Bertz CT molecular complexity index is 388. The van der Waals surface area contributed by atoms with Crippen LogP contribution in [0.2, 0.25) is 0 Å². The molecule has 0 aromatic carbocycles. The average molecular weight is 531 g/mol. The van der Waals surface area contributed by atoms with Crippen LogP contribution in [0.3, 0.4) is 0 Å². The third-order valence-corrected chi connectivity index (χ3v) is 6.09. The number of hydrogen-bond donors (Lipinski definition) is 3. The van der Waals surface area contributed by atoms with Crippen molar-refractivity contribution in [2.24, 2.45) is 5.73 Å². The molecule has 0 rings (SSSR count). The first-order valence-corrected chi connectivity index (χ1v) is 14.2. The van der Waals surface area contributed by atoms with E-state index < -0.39 is 5.17 Å². The van der Waals surface area contributed by atoms with E-state index in [9.17, 15) is 5.11 Å². The molecule has 33 heavy (non-hydrogen) atoms. The second-order valence-corrected chi connectivity index (χ2v) is 9.76. The Hall–Kier alpha value is 1.02. The molecule has 0 saturated carbocycles. The van der Waals surface area contributed by atoms with Crippen molar-refractivity contribution in [3.63, 3.8) is 0 Å². The molecule has 0 bridgehead atoms. The molecule has 0 unspecified atom stereocenters. The SMILES string of the molecule is CCCCCCCCCCCCN(CCCCCCCCCCCC)C(O)=S.NC(O)=S.[KH]. The molecule has 0 aliphatic carbocycles. The average Bonchev–Trinajstić information content (AvgIpc) is 2.74. The summed E-state index contributed by atoms with van der Waals surface area (Å²) in [6, 6.07) is 0. The Morgan fingerprint density at radius 3 is 0.970 bits per heavy atom. The molecule has 4 nitrogen and oxygen atoms in total. The minimum atomic E-state index is -0.500. The van der Waals surface area contributed by atoms with Crippen molar-refractivity contribution in [2.75, 3.05) is 13.1 Å². The molecule has 0 saturated heterocycles. The summed E-state index contributed by atoms with van der Waals surface area (Å²) in [5.41, 5.74) is 4.40. The van der Waals surface area contributed by atoms with Crippen molar-refractivity contribution in [1.29, 1.82) is 0 Å². The van der Waals surface area contributed by atoms with Crippen molar-refractivity contribution in [3.8, 4) is 0 Å². The van der Waals surface area contributed by atoms with Crippen LogP contribution in [0.5, 0.6) is 0 Å². The van der Waals surface area contributed by atoms with Gasteiger partial charge in [0.1, 0.15) is 0 Å². The number of aliphatic hydroxyl groups excluding tert-OH is 2. The van der Waals surface area contributed by atoms with Gasteiger partial charge < -0.3 is 20.8 Å². The van der Waals surface area contributed by atoms with Gasteiger partial charge in [-0.15, -0.1) is 0 Å². The van der Waals surface area contributed by atoms with Crippen molar-refractivity contribution in [1.82, 2.24) is 4.90 Å². The van der Waals surface area contributed by atoms with Gasteiger partial charge in [-0.3, -0.25) is 0 Å². The molecule has 0 aromatic rings. The summed E-state index contributed by atoms with van der Waals surface area (Å²) in [5.74, 6) is 0. The summed E-state index contributed by atoms with van der Waals surface area (Å²) in [4.78, 5) is 2.02. The summed E-state index contributed by atoms with van der Waals surface area (Å²) >= 11 is 8.91. The van der Waals surface area contributed by atoms with Gasteiger partial charge in [0, 0.05) is 13.1 Å². The molecule has 0 fully saturated rings. The summed E-state index contributed by atoms with van der Waals surface area (Å²) in [6.45, 7) is 6.42. The van der Waals surface area contributed by atoms with E-state index in [1.54, 1.807) is 0 Å². The quantitative estimate of drug-likeness (QED) is 0.0746. The molecular weight excluding hydrogens is 476 g/mol. The first-order valence-electron chi connectivity index (χ1n) is 13.4. The van der Waals surface area contributed by atoms with Gasteiger partial charge in [-0.1, -0.05) is 129 Å². The van der Waals surface area contributed by atoms with E-state index in [-0.39, 0.29) is 56.6 Å². The number of thiocarbonyl (C=S) groups is 2.